The van der Waals surface area contributed by atoms with Crippen LogP contribution in [0.2, 0.25) is 0 Å². The molecule has 0 aliphatic carbocycles. The molecule has 1 aromatic rings. The van der Waals surface area contributed by atoms with Crippen LogP contribution in [-0.4, -0.2) is 22.6 Å². The molecule has 4 heteroatoms. The maximum Gasteiger partial charge on any atom is 0.250 e. The summed E-state index contributed by atoms with van der Waals surface area (Å²) in [6.45, 7) is 4.23. The van der Waals surface area contributed by atoms with E-state index in [0.717, 1.165) is 5.69 Å². The van der Waals surface area contributed by atoms with E-state index in [1.54, 1.807) is 13.0 Å². The van der Waals surface area contributed by atoms with Gasteiger partial charge in [0.25, 0.3) is 5.56 Å². The van der Waals surface area contributed by atoms with Crippen molar-refractivity contribution < 1.29 is 9.84 Å². The standard InChI is InChI=1S/C10H15NO3/c1-3-14-10(13)7-11-8(2)5-4-6-9(11)12/h4-6,10,13H,3,7H2,1-2H3. The van der Waals surface area contributed by atoms with E-state index in [9.17, 15) is 9.90 Å². The lowest BCUT2D eigenvalue weighted by Gasteiger charge is -2.14. The second kappa shape index (κ2) is 4.93. The van der Waals surface area contributed by atoms with Crippen molar-refractivity contribution in [3.63, 3.8) is 0 Å². The zero-order chi connectivity index (χ0) is 10.6. The first-order valence-electron chi connectivity index (χ1n) is 4.61. The topological polar surface area (TPSA) is 51.5 Å². The van der Waals surface area contributed by atoms with Gasteiger partial charge in [-0.2, -0.15) is 0 Å². The van der Waals surface area contributed by atoms with Crippen molar-refractivity contribution in [2.45, 2.75) is 26.7 Å². The van der Waals surface area contributed by atoms with E-state index in [1.165, 1.54) is 10.6 Å². The fourth-order valence-electron chi connectivity index (χ4n) is 1.26. The van der Waals surface area contributed by atoms with Gasteiger partial charge in [0.05, 0.1) is 6.54 Å². The Morgan fingerprint density at radius 3 is 2.86 bits per heavy atom. The third-order valence-electron chi connectivity index (χ3n) is 1.97. The summed E-state index contributed by atoms with van der Waals surface area (Å²) in [5.74, 6) is 0. The first-order chi connectivity index (χ1) is 6.65. The van der Waals surface area contributed by atoms with Crippen LogP contribution in [0.4, 0.5) is 0 Å². The van der Waals surface area contributed by atoms with E-state index in [0.29, 0.717) is 6.61 Å². The number of pyridine rings is 1. The molecule has 0 fully saturated rings. The molecule has 0 aliphatic heterocycles. The Kier molecular flexibility index (Phi) is 3.85. The summed E-state index contributed by atoms with van der Waals surface area (Å²) in [5.41, 5.74) is 0.694. The number of aliphatic hydroxyl groups excluding tert-OH is 1. The van der Waals surface area contributed by atoms with E-state index in [4.69, 9.17) is 4.74 Å². The largest absolute Gasteiger partial charge is 0.366 e. The summed E-state index contributed by atoms with van der Waals surface area (Å²) in [6, 6.07) is 4.98. The third kappa shape index (κ3) is 2.68. The van der Waals surface area contributed by atoms with Crippen LogP contribution >= 0.6 is 0 Å². The molecule has 14 heavy (non-hydrogen) atoms. The monoisotopic (exact) mass is 197 g/mol. The highest BCUT2D eigenvalue weighted by molar-refractivity contribution is 5.04. The molecule has 0 bridgehead atoms. The van der Waals surface area contributed by atoms with E-state index in [2.05, 4.69) is 0 Å². The van der Waals surface area contributed by atoms with E-state index < -0.39 is 6.29 Å². The van der Waals surface area contributed by atoms with Crippen molar-refractivity contribution in [2.24, 2.45) is 0 Å². The number of nitrogens with zero attached hydrogens (tertiary/aromatic N) is 1. The quantitative estimate of drug-likeness (QED) is 0.715. The normalized spacial score (nSPS) is 12.8. The molecule has 78 valence electrons. The molecule has 4 nitrogen and oxygen atoms in total. The van der Waals surface area contributed by atoms with Crippen LogP contribution < -0.4 is 5.56 Å². The molecule has 0 radical (unpaired) electrons. The zero-order valence-corrected chi connectivity index (χ0v) is 8.43. The minimum atomic E-state index is -0.918. The third-order valence-corrected chi connectivity index (χ3v) is 1.97. The first-order valence-corrected chi connectivity index (χ1v) is 4.61. The Bertz CT molecular complexity index is 345. The molecule has 0 amide bonds. The summed E-state index contributed by atoms with van der Waals surface area (Å²) in [5, 5.41) is 9.37. The molecule has 0 aliphatic rings. The van der Waals surface area contributed by atoms with Gasteiger partial charge in [-0.15, -0.1) is 0 Å². The van der Waals surface area contributed by atoms with Gasteiger partial charge in [-0.1, -0.05) is 6.07 Å². The van der Waals surface area contributed by atoms with Gasteiger partial charge in [-0.3, -0.25) is 4.79 Å². The number of aliphatic hydroxyl groups is 1. The van der Waals surface area contributed by atoms with Gasteiger partial charge in [0.1, 0.15) is 0 Å². The molecular formula is C10H15NO3. The number of hydrogen-bond acceptors (Lipinski definition) is 3. The summed E-state index contributed by atoms with van der Waals surface area (Å²) in [6.07, 6.45) is -0.918. The second-order valence-corrected chi connectivity index (χ2v) is 3.03. The first kappa shape index (κ1) is 10.9. The predicted octanol–water partition coefficient (Wildman–Crippen LogP) is 0.512. The van der Waals surface area contributed by atoms with Gasteiger partial charge in [0.2, 0.25) is 0 Å². The van der Waals surface area contributed by atoms with Gasteiger partial charge >= 0.3 is 0 Å². The Labute approximate surface area is 82.8 Å². The van der Waals surface area contributed by atoms with Crippen LogP contribution in [0.15, 0.2) is 23.0 Å². The van der Waals surface area contributed by atoms with Crippen LogP contribution in [0.25, 0.3) is 0 Å². The number of ether oxygens (including phenoxy) is 1. The number of rotatable bonds is 4. The van der Waals surface area contributed by atoms with Gasteiger partial charge in [-0.05, 0) is 19.9 Å². The summed E-state index contributed by atoms with van der Waals surface area (Å²) in [4.78, 5) is 11.4. The molecule has 0 spiro atoms. The Morgan fingerprint density at radius 1 is 1.57 bits per heavy atom. The Morgan fingerprint density at radius 2 is 2.29 bits per heavy atom. The number of aryl methyl sites for hydroxylation is 1. The van der Waals surface area contributed by atoms with Crippen molar-refractivity contribution >= 4 is 0 Å². The molecule has 1 heterocycles. The molecule has 0 aromatic carbocycles. The molecule has 0 saturated carbocycles. The minimum Gasteiger partial charge on any atom is -0.366 e. The molecule has 1 unspecified atom stereocenters. The highest BCUT2D eigenvalue weighted by Gasteiger charge is 2.06. The lowest BCUT2D eigenvalue weighted by atomic mass is 10.3. The van der Waals surface area contributed by atoms with Crippen LogP contribution in [0.1, 0.15) is 12.6 Å². The lowest BCUT2D eigenvalue weighted by molar-refractivity contribution is -0.104. The van der Waals surface area contributed by atoms with Crippen molar-refractivity contribution in [2.75, 3.05) is 6.61 Å². The lowest BCUT2D eigenvalue weighted by Crippen LogP contribution is -2.29. The van der Waals surface area contributed by atoms with E-state index >= 15 is 0 Å². The van der Waals surface area contributed by atoms with Crippen LogP contribution in [0.3, 0.4) is 0 Å². The minimum absolute atomic E-state index is 0.122. The van der Waals surface area contributed by atoms with E-state index in [1.807, 2.05) is 13.0 Å². The molecule has 0 saturated heterocycles. The van der Waals surface area contributed by atoms with Gasteiger partial charge in [-0.25, -0.2) is 0 Å². The average molecular weight is 197 g/mol. The number of aromatic nitrogens is 1. The maximum absolute atomic E-state index is 11.4. The maximum atomic E-state index is 11.4. The number of hydrogen-bond donors (Lipinski definition) is 1. The van der Waals surface area contributed by atoms with E-state index in [-0.39, 0.29) is 12.1 Å². The fourth-order valence-corrected chi connectivity index (χ4v) is 1.26. The highest BCUT2D eigenvalue weighted by Crippen LogP contribution is 1.97. The molecule has 1 N–H and O–H groups in total. The second-order valence-electron chi connectivity index (χ2n) is 3.03. The van der Waals surface area contributed by atoms with Gasteiger partial charge < -0.3 is 14.4 Å². The predicted molar refractivity (Wildman–Crippen MR) is 53.1 cm³/mol. The van der Waals surface area contributed by atoms with Crippen LogP contribution in [0.5, 0.6) is 0 Å². The zero-order valence-electron chi connectivity index (χ0n) is 8.43. The Hall–Kier alpha value is -1.13. The Balaban J connectivity index is 2.80. The summed E-state index contributed by atoms with van der Waals surface area (Å²) in [7, 11) is 0. The fraction of sp³-hybridized carbons (Fsp3) is 0.500. The van der Waals surface area contributed by atoms with Crippen LogP contribution in [0, 0.1) is 6.92 Å². The molecule has 1 atom stereocenters. The molecule has 1 aromatic heterocycles. The SMILES string of the molecule is CCOC(O)Cn1c(C)cccc1=O. The smallest absolute Gasteiger partial charge is 0.250 e. The van der Waals surface area contributed by atoms with Crippen molar-refractivity contribution in [3.05, 3.63) is 34.2 Å². The highest BCUT2D eigenvalue weighted by atomic mass is 16.6. The van der Waals surface area contributed by atoms with Crippen molar-refractivity contribution in [1.29, 1.82) is 0 Å². The average Bonchev–Trinajstić information content (AvgIpc) is 2.12. The van der Waals surface area contributed by atoms with Gasteiger partial charge in [0, 0.05) is 18.4 Å². The summed E-state index contributed by atoms with van der Waals surface area (Å²) >= 11 is 0. The van der Waals surface area contributed by atoms with Crippen LogP contribution in [-0.2, 0) is 11.3 Å². The van der Waals surface area contributed by atoms with Crippen molar-refractivity contribution in [3.8, 4) is 0 Å². The van der Waals surface area contributed by atoms with Crippen molar-refractivity contribution in [1.82, 2.24) is 4.57 Å². The summed E-state index contributed by atoms with van der Waals surface area (Å²) < 4.78 is 6.44. The molecular weight excluding hydrogens is 182 g/mol. The molecule has 1 rings (SSSR count). The van der Waals surface area contributed by atoms with Gasteiger partial charge in [0.15, 0.2) is 6.29 Å².